The second-order valence-corrected chi connectivity index (χ2v) is 4.58. The van der Waals surface area contributed by atoms with Crippen LogP contribution in [0.1, 0.15) is 10.5 Å². The summed E-state index contributed by atoms with van der Waals surface area (Å²) in [6.45, 7) is -1.28. The van der Waals surface area contributed by atoms with E-state index in [1.54, 1.807) is 0 Å². The predicted octanol–water partition coefficient (Wildman–Crippen LogP) is 2.34. The van der Waals surface area contributed by atoms with Crippen molar-refractivity contribution in [3.63, 3.8) is 0 Å². The molecule has 0 spiro atoms. The van der Waals surface area contributed by atoms with E-state index >= 15 is 0 Å². The van der Waals surface area contributed by atoms with Crippen molar-refractivity contribution in [3.8, 4) is 0 Å². The molecule has 3 aromatic rings. The smallest absolute Gasteiger partial charge is 0.322 e. The fourth-order valence-electron chi connectivity index (χ4n) is 2.02. The van der Waals surface area contributed by atoms with Gasteiger partial charge in [-0.2, -0.15) is 18.3 Å². The van der Waals surface area contributed by atoms with E-state index in [9.17, 15) is 18.0 Å². The monoisotopic (exact) mass is 322 g/mol. The molecular weight excluding hydrogens is 313 g/mol. The molecule has 118 valence electrons. The van der Waals surface area contributed by atoms with Crippen molar-refractivity contribution in [2.75, 3.05) is 5.32 Å². The van der Waals surface area contributed by atoms with E-state index in [1.165, 1.54) is 30.9 Å². The second kappa shape index (κ2) is 5.63. The third-order valence-corrected chi connectivity index (χ3v) is 2.92. The molecule has 23 heavy (non-hydrogen) atoms. The molecule has 0 fully saturated rings. The number of aromatic nitrogens is 5. The number of halogens is 3. The van der Waals surface area contributed by atoms with Gasteiger partial charge < -0.3 is 5.32 Å². The van der Waals surface area contributed by atoms with Crippen LogP contribution >= 0.6 is 0 Å². The van der Waals surface area contributed by atoms with Gasteiger partial charge in [0.15, 0.2) is 12.1 Å². The van der Waals surface area contributed by atoms with Crippen LogP contribution in [0.25, 0.3) is 10.9 Å². The molecule has 3 aromatic heterocycles. The van der Waals surface area contributed by atoms with Crippen molar-refractivity contribution in [1.29, 1.82) is 0 Å². The summed E-state index contributed by atoms with van der Waals surface area (Å²) in [6.07, 6.45) is 1.59. The van der Waals surface area contributed by atoms with E-state index in [1.807, 2.05) is 0 Å². The van der Waals surface area contributed by atoms with Crippen molar-refractivity contribution >= 4 is 28.8 Å². The number of fused-ring (bicyclic) bond motifs is 1. The van der Waals surface area contributed by atoms with Gasteiger partial charge in [0, 0.05) is 18.6 Å². The van der Waals surface area contributed by atoms with Crippen molar-refractivity contribution < 1.29 is 18.0 Å². The molecule has 0 aliphatic rings. The summed E-state index contributed by atoms with van der Waals surface area (Å²) in [5, 5.41) is 7.03. The Balaban J connectivity index is 2.09. The molecule has 7 nitrogen and oxygen atoms in total. The van der Waals surface area contributed by atoms with Crippen LogP contribution in [-0.4, -0.2) is 37.2 Å². The van der Waals surface area contributed by atoms with Crippen molar-refractivity contribution in [1.82, 2.24) is 24.7 Å². The SMILES string of the molecule is O=Cc1cc2c(cn1)c(Nc1cnccn1)nn2CC(F)(F)F. The first-order chi connectivity index (χ1) is 11.0. The Kier molecular flexibility index (Phi) is 3.64. The Bertz CT molecular complexity index is 846. The zero-order valence-electron chi connectivity index (χ0n) is 11.4. The van der Waals surface area contributed by atoms with Crippen molar-refractivity contribution in [2.45, 2.75) is 12.7 Å². The largest absolute Gasteiger partial charge is 0.408 e. The fourth-order valence-corrected chi connectivity index (χ4v) is 2.02. The average molecular weight is 322 g/mol. The first-order valence-electron chi connectivity index (χ1n) is 6.38. The highest BCUT2D eigenvalue weighted by Gasteiger charge is 2.30. The number of aldehydes is 1. The Morgan fingerprint density at radius 1 is 1.22 bits per heavy atom. The molecule has 0 unspecified atom stereocenters. The molecule has 0 radical (unpaired) electrons. The summed E-state index contributed by atoms with van der Waals surface area (Å²) >= 11 is 0. The van der Waals surface area contributed by atoms with Gasteiger partial charge in [-0.15, -0.1) is 0 Å². The van der Waals surface area contributed by atoms with Gasteiger partial charge in [-0.05, 0) is 6.07 Å². The zero-order chi connectivity index (χ0) is 16.4. The van der Waals surface area contributed by atoms with Crippen LogP contribution in [0, 0.1) is 0 Å². The maximum Gasteiger partial charge on any atom is 0.408 e. The van der Waals surface area contributed by atoms with Gasteiger partial charge in [0.2, 0.25) is 0 Å². The third-order valence-electron chi connectivity index (χ3n) is 2.92. The van der Waals surface area contributed by atoms with Gasteiger partial charge in [0.05, 0.1) is 17.1 Å². The van der Waals surface area contributed by atoms with Gasteiger partial charge in [0.1, 0.15) is 18.1 Å². The Hall–Kier alpha value is -3.04. The summed E-state index contributed by atoms with van der Waals surface area (Å²) in [5.41, 5.74) is 0.165. The minimum absolute atomic E-state index is 0.0203. The van der Waals surface area contributed by atoms with Crippen LogP contribution in [0.4, 0.5) is 24.8 Å². The zero-order valence-corrected chi connectivity index (χ0v) is 11.4. The average Bonchev–Trinajstić information content (AvgIpc) is 2.83. The Labute approximate surface area is 127 Å². The number of carbonyl (C=O) groups is 1. The third kappa shape index (κ3) is 3.25. The summed E-state index contributed by atoms with van der Waals surface area (Å²) < 4.78 is 38.9. The first kappa shape index (κ1) is 14.9. The highest BCUT2D eigenvalue weighted by molar-refractivity contribution is 5.93. The topological polar surface area (TPSA) is 85.6 Å². The van der Waals surface area contributed by atoms with Crippen molar-refractivity contribution in [3.05, 3.63) is 36.5 Å². The van der Waals surface area contributed by atoms with Gasteiger partial charge in [-0.25, -0.2) is 4.98 Å². The van der Waals surface area contributed by atoms with Crippen molar-refractivity contribution in [2.24, 2.45) is 0 Å². The number of hydrogen-bond donors (Lipinski definition) is 1. The lowest BCUT2D eigenvalue weighted by atomic mass is 10.2. The van der Waals surface area contributed by atoms with Gasteiger partial charge >= 0.3 is 6.18 Å². The molecule has 0 aliphatic heterocycles. The van der Waals surface area contributed by atoms with Gasteiger partial charge in [-0.1, -0.05) is 0 Å². The molecule has 0 saturated heterocycles. The highest BCUT2D eigenvalue weighted by Crippen LogP contribution is 2.27. The first-order valence-corrected chi connectivity index (χ1v) is 6.38. The number of nitrogens with one attached hydrogen (secondary N) is 1. The molecule has 3 rings (SSSR count). The number of anilines is 2. The molecule has 0 saturated carbocycles. The molecule has 3 heterocycles. The molecule has 0 atom stereocenters. The van der Waals surface area contributed by atoms with Gasteiger partial charge in [0.25, 0.3) is 0 Å². The lowest BCUT2D eigenvalue weighted by Gasteiger charge is -2.07. The maximum absolute atomic E-state index is 12.7. The quantitative estimate of drug-likeness (QED) is 0.742. The van der Waals surface area contributed by atoms with Crippen LogP contribution in [0.2, 0.25) is 0 Å². The summed E-state index contributed by atoms with van der Waals surface area (Å²) in [4.78, 5) is 22.5. The van der Waals surface area contributed by atoms with Gasteiger partial charge in [-0.3, -0.25) is 19.4 Å². The summed E-state index contributed by atoms with van der Waals surface area (Å²) in [7, 11) is 0. The minimum atomic E-state index is -4.45. The predicted molar refractivity (Wildman–Crippen MR) is 74.3 cm³/mol. The summed E-state index contributed by atoms with van der Waals surface area (Å²) in [6, 6.07) is 1.25. The fraction of sp³-hybridized carbons (Fsp3) is 0.154. The van der Waals surface area contributed by atoms with Crippen LogP contribution < -0.4 is 5.32 Å². The van der Waals surface area contributed by atoms with E-state index in [0.29, 0.717) is 17.5 Å². The number of rotatable bonds is 4. The second-order valence-electron chi connectivity index (χ2n) is 4.58. The van der Waals surface area contributed by atoms with Crippen LogP contribution in [0.15, 0.2) is 30.9 Å². The maximum atomic E-state index is 12.7. The lowest BCUT2D eigenvalue weighted by Crippen LogP contribution is -2.18. The normalized spacial score (nSPS) is 11.6. The lowest BCUT2D eigenvalue weighted by molar-refractivity contribution is -0.141. The number of nitrogens with zero attached hydrogens (tertiary/aromatic N) is 5. The van der Waals surface area contributed by atoms with E-state index < -0.39 is 12.7 Å². The molecule has 0 aliphatic carbocycles. The van der Waals surface area contributed by atoms with E-state index in [0.717, 1.165) is 4.68 Å². The number of hydrogen-bond acceptors (Lipinski definition) is 6. The molecule has 10 heteroatoms. The molecule has 0 bridgehead atoms. The number of carbonyl (C=O) groups excluding carboxylic acids is 1. The Morgan fingerprint density at radius 3 is 2.70 bits per heavy atom. The molecule has 1 N–H and O–H groups in total. The van der Waals surface area contributed by atoms with Crippen LogP contribution in [0.5, 0.6) is 0 Å². The summed E-state index contributed by atoms with van der Waals surface area (Å²) in [5.74, 6) is 0.472. The van der Waals surface area contributed by atoms with E-state index in [2.05, 4.69) is 25.4 Å². The number of pyridine rings is 1. The van der Waals surface area contributed by atoms with E-state index in [4.69, 9.17) is 0 Å². The highest BCUT2D eigenvalue weighted by atomic mass is 19.4. The number of alkyl halides is 3. The minimum Gasteiger partial charge on any atom is -0.322 e. The molecule has 0 aromatic carbocycles. The van der Waals surface area contributed by atoms with E-state index in [-0.39, 0.29) is 17.0 Å². The Morgan fingerprint density at radius 2 is 2.04 bits per heavy atom. The standard InChI is InChI=1S/C13H9F3N6O/c14-13(15,16)7-22-10-3-8(6-23)19-4-9(10)12(21-22)20-11-5-17-1-2-18-11/h1-6H,7H2,(H,18,20,21). The van der Waals surface area contributed by atoms with Crippen LogP contribution in [0.3, 0.4) is 0 Å². The molecule has 0 amide bonds. The molecular formula is C13H9F3N6O. The van der Waals surface area contributed by atoms with Crippen LogP contribution in [-0.2, 0) is 6.54 Å².